The van der Waals surface area contributed by atoms with E-state index in [1.807, 2.05) is 0 Å². The van der Waals surface area contributed by atoms with E-state index < -0.39 is 0 Å². The minimum Gasteiger partial charge on any atom is -0.482 e. The first kappa shape index (κ1) is 15.1. The molecule has 0 aromatic heterocycles. The second-order valence-corrected chi connectivity index (χ2v) is 7.47. The molecule has 2 aromatic rings. The number of fused-ring (bicyclic) bond motifs is 3. The molecule has 0 bridgehead atoms. The average Bonchev–Trinajstić information content (AvgIpc) is 2.43. The molecule has 1 heterocycles. The van der Waals surface area contributed by atoms with Gasteiger partial charge in [-0.1, -0.05) is 44.2 Å². The lowest BCUT2D eigenvalue weighted by Crippen LogP contribution is -2.30. The van der Waals surface area contributed by atoms with Crippen LogP contribution in [0.1, 0.15) is 49.9 Å². The van der Waals surface area contributed by atoms with Crippen molar-refractivity contribution in [2.75, 3.05) is 0 Å². The number of benzene rings is 2. The number of rotatable bonds is 2. The molecule has 0 spiro atoms. The zero-order valence-corrected chi connectivity index (χ0v) is 14.6. The Hall–Kier alpha value is -1.76. The number of ether oxygens (including phenoxy) is 1. The van der Waals surface area contributed by atoms with E-state index in [-0.39, 0.29) is 5.60 Å². The molecule has 1 heteroatoms. The van der Waals surface area contributed by atoms with Crippen LogP contribution in [-0.2, 0) is 12.0 Å². The van der Waals surface area contributed by atoms with Gasteiger partial charge in [-0.15, -0.1) is 0 Å². The quantitative estimate of drug-likeness (QED) is 0.680. The Labute approximate surface area is 134 Å². The molecule has 0 fully saturated rings. The molecule has 3 rings (SSSR count). The van der Waals surface area contributed by atoms with Crippen LogP contribution in [-0.4, -0.2) is 0 Å². The van der Waals surface area contributed by atoms with Gasteiger partial charge < -0.3 is 4.74 Å². The van der Waals surface area contributed by atoms with Crippen molar-refractivity contribution in [1.82, 2.24) is 0 Å². The summed E-state index contributed by atoms with van der Waals surface area (Å²) >= 11 is 0. The molecule has 0 saturated carbocycles. The van der Waals surface area contributed by atoms with Crippen LogP contribution in [0, 0.1) is 19.8 Å². The predicted molar refractivity (Wildman–Crippen MR) is 93.5 cm³/mol. The standard InChI is InChI=1S/C21H26O/c1-13(2)11-16-8-10-17-18-9-7-14(3)15(4)20(18)22-21(5,6)19(17)12-16/h7-10,12-13H,11H2,1-6H3. The summed E-state index contributed by atoms with van der Waals surface area (Å²) in [6, 6.07) is 11.3. The first-order chi connectivity index (χ1) is 10.3. The van der Waals surface area contributed by atoms with Crippen LogP contribution >= 0.6 is 0 Å². The summed E-state index contributed by atoms with van der Waals surface area (Å²) in [4.78, 5) is 0. The Morgan fingerprint density at radius 2 is 1.68 bits per heavy atom. The fourth-order valence-corrected chi connectivity index (χ4v) is 3.37. The minimum atomic E-state index is -0.284. The van der Waals surface area contributed by atoms with Gasteiger partial charge in [0, 0.05) is 11.1 Å². The molecule has 0 aliphatic carbocycles. The molecule has 1 aliphatic rings. The van der Waals surface area contributed by atoms with E-state index in [2.05, 4.69) is 71.9 Å². The normalized spacial score (nSPS) is 15.2. The molecule has 1 aliphatic heterocycles. The Morgan fingerprint density at radius 1 is 1.00 bits per heavy atom. The van der Waals surface area contributed by atoms with Crippen LogP contribution in [0.5, 0.6) is 5.75 Å². The van der Waals surface area contributed by atoms with Crippen molar-refractivity contribution in [2.24, 2.45) is 5.92 Å². The van der Waals surface area contributed by atoms with E-state index >= 15 is 0 Å². The first-order valence-corrected chi connectivity index (χ1v) is 8.22. The number of aryl methyl sites for hydroxylation is 1. The molecule has 0 atom stereocenters. The largest absolute Gasteiger partial charge is 0.482 e. The van der Waals surface area contributed by atoms with Crippen molar-refractivity contribution in [3.8, 4) is 16.9 Å². The molecular formula is C21H26O. The highest BCUT2D eigenvalue weighted by molar-refractivity contribution is 5.78. The SMILES string of the molecule is Cc1ccc2c(c1C)OC(C)(C)c1cc(CC(C)C)ccc1-2. The fourth-order valence-electron chi connectivity index (χ4n) is 3.37. The van der Waals surface area contributed by atoms with Crippen molar-refractivity contribution in [1.29, 1.82) is 0 Å². The van der Waals surface area contributed by atoms with Crippen LogP contribution in [0.3, 0.4) is 0 Å². The monoisotopic (exact) mass is 294 g/mol. The van der Waals surface area contributed by atoms with Crippen LogP contribution in [0.25, 0.3) is 11.1 Å². The van der Waals surface area contributed by atoms with Crippen LogP contribution in [0.2, 0.25) is 0 Å². The van der Waals surface area contributed by atoms with E-state index in [1.165, 1.54) is 33.4 Å². The Balaban J connectivity index is 2.20. The van der Waals surface area contributed by atoms with Crippen molar-refractivity contribution in [2.45, 2.75) is 53.6 Å². The highest BCUT2D eigenvalue weighted by Crippen LogP contribution is 2.47. The summed E-state index contributed by atoms with van der Waals surface area (Å²) in [6.45, 7) is 13.2. The van der Waals surface area contributed by atoms with E-state index in [0.29, 0.717) is 5.92 Å². The second kappa shape index (κ2) is 5.15. The van der Waals surface area contributed by atoms with Crippen molar-refractivity contribution >= 4 is 0 Å². The lowest BCUT2D eigenvalue weighted by Gasteiger charge is -2.36. The molecule has 116 valence electrons. The molecular weight excluding hydrogens is 268 g/mol. The lowest BCUT2D eigenvalue weighted by atomic mass is 9.83. The Bertz CT molecular complexity index is 723. The highest BCUT2D eigenvalue weighted by atomic mass is 16.5. The van der Waals surface area contributed by atoms with Gasteiger partial charge >= 0.3 is 0 Å². The van der Waals surface area contributed by atoms with Gasteiger partial charge in [-0.3, -0.25) is 0 Å². The molecule has 1 nitrogen and oxygen atoms in total. The first-order valence-electron chi connectivity index (χ1n) is 8.22. The molecule has 0 saturated heterocycles. The van der Waals surface area contributed by atoms with Gasteiger partial charge in [0.15, 0.2) is 0 Å². The van der Waals surface area contributed by atoms with Gasteiger partial charge in [-0.25, -0.2) is 0 Å². The Morgan fingerprint density at radius 3 is 2.36 bits per heavy atom. The van der Waals surface area contributed by atoms with Crippen LogP contribution < -0.4 is 4.74 Å². The summed E-state index contributed by atoms with van der Waals surface area (Å²) < 4.78 is 6.42. The lowest BCUT2D eigenvalue weighted by molar-refractivity contribution is 0.104. The molecule has 2 aromatic carbocycles. The molecule has 0 unspecified atom stereocenters. The van der Waals surface area contributed by atoms with Crippen molar-refractivity contribution < 1.29 is 4.74 Å². The van der Waals surface area contributed by atoms with Crippen LogP contribution in [0.4, 0.5) is 0 Å². The second-order valence-electron chi connectivity index (χ2n) is 7.47. The maximum Gasteiger partial charge on any atom is 0.131 e. The minimum absolute atomic E-state index is 0.284. The van der Waals surface area contributed by atoms with E-state index in [4.69, 9.17) is 4.74 Å². The van der Waals surface area contributed by atoms with Crippen molar-refractivity contribution in [3.63, 3.8) is 0 Å². The van der Waals surface area contributed by atoms with Gasteiger partial charge in [-0.2, -0.15) is 0 Å². The molecule has 0 N–H and O–H groups in total. The molecule has 22 heavy (non-hydrogen) atoms. The molecule has 0 radical (unpaired) electrons. The highest BCUT2D eigenvalue weighted by Gasteiger charge is 2.33. The fraction of sp³-hybridized carbons (Fsp3) is 0.429. The van der Waals surface area contributed by atoms with Crippen LogP contribution in [0.15, 0.2) is 30.3 Å². The van der Waals surface area contributed by atoms with Gasteiger partial charge in [-0.05, 0) is 62.3 Å². The summed E-state index contributed by atoms with van der Waals surface area (Å²) in [6.07, 6.45) is 1.11. The Kier molecular flexibility index (Phi) is 3.55. The van der Waals surface area contributed by atoms with Gasteiger partial charge in [0.1, 0.15) is 11.4 Å². The maximum atomic E-state index is 6.42. The summed E-state index contributed by atoms with van der Waals surface area (Å²) in [5.74, 6) is 1.72. The average molecular weight is 294 g/mol. The number of hydrogen-bond donors (Lipinski definition) is 0. The maximum absolute atomic E-state index is 6.42. The smallest absolute Gasteiger partial charge is 0.131 e. The third-order valence-electron chi connectivity index (χ3n) is 4.70. The third kappa shape index (κ3) is 2.43. The van der Waals surface area contributed by atoms with E-state index in [9.17, 15) is 0 Å². The number of hydrogen-bond acceptors (Lipinski definition) is 1. The van der Waals surface area contributed by atoms with E-state index in [1.54, 1.807) is 0 Å². The van der Waals surface area contributed by atoms with Gasteiger partial charge in [0.25, 0.3) is 0 Å². The van der Waals surface area contributed by atoms with Crippen molar-refractivity contribution in [3.05, 3.63) is 52.6 Å². The third-order valence-corrected chi connectivity index (χ3v) is 4.70. The summed E-state index contributed by atoms with van der Waals surface area (Å²) in [7, 11) is 0. The topological polar surface area (TPSA) is 9.23 Å². The van der Waals surface area contributed by atoms with Gasteiger partial charge in [0.05, 0.1) is 0 Å². The summed E-state index contributed by atoms with van der Waals surface area (Å²) in [5.41, 5.74) is 7.51. The zero-order valence-electron chi connectivity index (χ0n) is 14.6. The predicted octanol–water partition coefficient (Wildman–Crippen LogP) is 5.80. The zero-order chi connectivity index (χ0) is 16.1. The molecule has 0 amide bonds. The van der Waals surface area contributed by atoms with Gasteiger partial charge in [0.2, 0.25) is 0 Å². The van der Waals surface area contributed by atoms with E-state index in [0.717, 1.165) is 12.2 Å². The summed E-state index contributed by atoms with van der Waals surface area (Å²) in [5, 5.41) is 0.